The van der Waals surface area contributed by atoms with Gasteiger partial charge in [-0.15, -0.1) is 0 Å². The fourth-order valence-corrected chi connectivity index (χ4v) is 2.40. The minimum atomic E-state index is -0.587. The number of nitro groups is 1. The first kappa shape index (κ1) is 14.7. The highest BCUT2D eigenvalue weighted by Crippen LogP contribution is 2.27. The summed E-state index contributed by atoms with van der Waals surface area (Å²) in [5.74, 6) is 5.26. The number of benzene rings is 1. The molecule has 1 aromatic carbocycles. The van der Waals surface area contributed by atoms with Crippen molar-refractivity contribution in [3.05, 3.63) is 33.9 Å². The minimum absolute atomic E-state index is 0.0194. The molecule has 0 radical (unpaired) electrons. The Labute approximate surface area is 117 Å². The molecule has 1 aliphatic heterocycles. The number of nitrogens with zero attached hydrogens (tertiary/aromatic N) is 2. The van der Waals surface area contributed by atoms with Crippen molar-refractivity contribution in [2.75, 3.05) is 18.5 Å². The van der Waals surface area contributed by atoms with Gasteiger partial charge in [0, 0.05) is 25.7 Å². The highest BCUT2D eigenvalue weighted by Gasteiger charge is 2.27. The van der Waals surface area contributed by atoms with Crippen LogP contribution in [0.1, 0.15) is 25.3 Å². The molecule has 0 aromatic heterocycles. The van der Waals surface area contributed by atoms with Crippen LogP contribution in [0.2, 0.25) is 0 Å². The molecule has 1 heterocycles. The predicted octanol–water partition coefficient (Wildman–Crippen LogP) is 1.23. The zero-order chi connectivity index (χ0) is 14.8. The van der Waals surface area contributed by atoms with Gasteiger partial charge in [-0.05, 0) is 31.4 Å². The smallest absolute Gasteiger partial charge is 0.293 e. The van der Waals surface area contributed by atoms with Gasteiger partial charge in [-0.3, -0.25) is 20.9 Å². The summed E-state index contributed by atoms with van der Waals surface area (Å²) in [6, 6.07) is 4.99. The monoisotopic (exact) mass is 280 g/mol. The number of hydrogen-bond acceptors (Lipinski definition) is 6. The largest absolute Gasteiger partial charge is 0.390 e. The van der Waals surface area contributed by atoms with Crippen molar-refractivity contribution in [3.8, 4) is 0 Å². The Morgan fingerprint density at radius 2 is 2.15 bits per heavy atom. The molecule has 7 nitrogen and oxygen atoms in total. The fourth-order valence-electron chi connectivity index (χ4n) is 2.40. The highest BCUT2D eigenvalue weighted by atomic mass is 16.6. The summed E-state index contributed by atoms with van der Waals surface area (Å²) in [4.78, 5) is 12.7. The van der Waals surface area contributed by atoms with Gasteiger partial charge in [-0.25, -0.2) is 0 Å². The molecule has 0 unspecified atom stereocenters. The van der Waals surface area contributed by atoms with Crippen LogP contribution in [0.15, 0.2) is 18.2 Å². The molecule has 0 aliphatic carbocycles. The lowest BCUT2D eigenvalue weighted by Crippen LogP contribution is -2.41. The number of nitrogens with one attached hydrogen (secondary N) is 1. The third-order valence-electron chi connectivity index (χ3n) is 3.75. The number of anilines is 1. The molecule has 1 aliphatic rings. The summed E-state index contributed by atoms with van der Waals surface area (Å²) in [7, 11) is 0. The average Bonchev–Trinajstić information content (AvgIpc) is 2.41. The first-order valence-corrected chi connectivity index (χ1v) is 6.60. The molecule has 1 fully saturated rings. The van der Waals surface area contributed by atoms with Crippen molar-refractivity contribution in [1.29, 1.82) is 0 Å². The molecule has 1 saturated heterocycles. The number of hydrazine groups is 1. The maximum Gasteiger partial charge on any atom is 0.293 e. The van der Waals surface area contributed by atoms with E-state index in [9.17, 15) is 15.2 Å². The average molecular weight is 280 g/mol. The van der Waals surface area contributed by atoms with E-state index < -0.39 is 10.5 Å². The first-order chi connectivity index (χ1) is 9.41. The molecule has 0 bridgehead atoms. The second-order valence-electron chi connectivity index (χ2n) is 5.53. The molecule has 0 saturated carbocycles. The second-order valence-corrected chi connectivity index (χ2v) is 5.53. The van der Waals surface area contributed by atoms with Gasteiger partial charge in [0.05, 0.1) is 10.5 Å². The van der Waals surface area contributed by atoms with Crippen molar-refractivity contribution in [1.82, 2.24) is 4.90 Å². The van der Waals surface area contributed by atoms with Gasteiger partial charge in [-0.1, -0.05) is 6.07 Å². The molecule has 0 amide bonds. The number of nitrogen functional groups attached to an aromatic ring is 1. The molecule has 0 spiro atoms. The normalized spacial score (nSPS) is 18.8. The van der Waals surface area contributed by atoms with Gasteiger partial charge in [0.2, 0.25) is 0 Å². The predicted molar refractivity (Wildman–Crippen MR) is 76.0 cm³/mol. The van der Waals surface area contributed by atoms with Gasteiger partial charge < -0.3 is 10.5 Å². The Morgan fingerprint density at radius 3 is 2.70 bits per heavy atom. The van der Waals surface area contributed by atoms with E-state index in [0.717, 1.165) is 31.5 Å². The Kier molecular flexibility index (Phi) is 4.22. The minimum Gasteiger partial charge on any atom is -0.390 e. The van der Waals surface area contributed by atoms with Crippen LogP contribution in [0.5, 0.6) is 0 Å². The molecule has 20 heavy (non-hydrogen) atoms. The summed E-state index contributed by atoms with van der Waals surface area (Å²) in [5, 5.41) is 20.9. The fraction of sp³-hybridized carbons (Fsp3) is 0.538. The van der Waals surface area contributed by atoms with E-state index in [1.54, 1.807) is 12.1 Å². The van der Waals surface area contributed by atoms with Crippen LogP contribution in [-0.2, 0) is 6.54 Å². The van der Waals surface area contributed by atoms with Gasteiger partial charge in [0.25, 0.3) is 5.69 Å². The van der Waals surface area contributed by atoms with Crippen molar-refractivity contribution >= 4 is 11.4 Å². The zero-order valence-corrected chi connectivity index (χ0v) is 11.5. The Bertz CT molecular complexity index is 494. The summed E-state index contributed by atoms with van der Waals surface area (Å²) in [5.41, 5.74) is 2.90. The maximum absolute atomic E-state index is 11.0. The van der Waals surface area contributed by atoms with Crippen molar-refractivity contribution < 1.29 is 10.0 Å². The number of likely N-dealkylation sites (tertiary alicyclic amines) is 1. The summed E-state index contributed by atoms with van der Waals surface area (Å²) in [6.45, 7) is 4.06. The molecule has 1 aromatic rings. The summed E-state index contributed by atoms with van der Waals surface area (Å²) < 4.78 is 0. The van der Waals surface area contributed by atoms with E-state index in [1.807, 2.05) is 13.0 Å². The lowest BCUT2D eigenvalue weighted by Gasteiger charge is -2.35. The van der Waals surface area contributed by atoms with Crippen LogP contribution in [0.3, 0.4) is 0 Å². The Morgan fingerprint density at radius 1 is 1.50 bits per heavy atom. The van der Waals surface area contributed by atoms with E-state index >= 15 is 0 Å². The zero-order valence-electron chi connectivity index (χ0n) is 11.5. The van der Waals surface area contributed by atoms with Gasteiger partial charge in [0.15, 0.2) is 0 Å². The van der Waals surface area contributed by atoms with E-state index in [4.69, 9.17) is 5.84 Å². The van der Waals surface area contributed by atoms with Crippen LogP contribution >= 0.6 is 0 Å². The van der Waals surface area contributed by atoms with Crippen molar-refractivity contribution in [2.24, 2.45) is 5.84 Å². The Balaban J connectivity index is 2.07. The topological polar surface area (TPSA) is 105 Å². The van der Waals surface area contributed by atoms with Crippen LogP contribution in [0.4, 0.5) is 11.4 Å². The van der Waals surface area contributed by atoms with E-state index in [2.05, 4.69) is 10.3 Å². The van der Waals surface area contributed by atoms with Crippen molar-refractivity contribution in [3.63, 3.8) is 0 Å². The molecule has 4 N–H and O–H groups in total. The quantitative estimate of drug-likeness (QED) is 0.435. The number of hydrogen-bond donors (Lipinski definition) is 3. The summed E-state index contributed by atoms with van der Waals surface area (Å²) >= 11 is 0. The molecular formula is C13H20N4O3. The standard InChI is InChI=1S/C13H20N4O3/c1-13(18)4-6-16(7-5-13)9-10-2-3-11(15-14)12(8-10)17(19)20/h2-3,8,15,18H,4-7,9,14H2,1H3. The van der Waals surface area contributed by atoms with Gasteiger partial charge >= 0.3 is 0 Å². The van der Waals surface area contributed by atoms with Crippen LogP contribution in [0.25, 0.3) is 0 Å². The summed E-state index contributed by atoms with van der Waals surface area (Å²) in [6.07, 6.45) is 1.44. The van der Waals surface area contributed by atoms with Crippen molar-refractivity contribution in [2.45, 2.75) is 31.9 Å². The van der Waals surface area contributed by atoms with E-state index in [0.29, 0.717) is 12.2 Å². The number of rotatable bonds is 4. The highest BCUT2D eigenvalue weighted by molar-refractivity contribution is 5.61. The lowest BCUT2D eigenvalue weighted by molar-refractivity contribution is -0.384. The van der Waals surface area contributed by atoms with Gasteiger partial charge in [-0.2, -0.15) is 0 Å². The van der Waals surface area contributed by atoms with E-state index in [-0.39, 0.29) is 5.69 Å². The van der Waals surface area contributed by atoms with Crippen LogP contribution in [0, 0.1) is 10.1 Å². The first-order valence-electron chi connectivity index (χ1n) is 6.60. The van der Waals surface area contributed by atoms with E-state index in [1.165, 1.54) is 0 Å². The third-order valence-corrected chi connectivity index (χ3v) is 3.75. The second kappa shape index (κ2) is 5.74. The number of nitrogens with two attached hydrogens (primary N) is 1. The number of nitro benzene ring substituents is 1. The third kappa shape index (κ3) is 3.44. The maximum atomic E-state index is 11.0. The number of aliphatic hydroxyl groups is 1. The number of piperidine rings is 1. The SMILES string of the molecule is CC1(O)CCN(Cc2ccc(NN)c([N+](=O)[O-])c2)CC1. The molecule has 2 rings (SSSR count). The molecule has 0 atom stereocenters. The van der Waals surface area contributed by atoms with Crippen LogP contribution in [-0.4, -0.2) is 33.6 Å². The van der Waals surface area contributed by atoms with Crippen LogP contribution < -0.4 is 11.3 Å². The Hall–Kier alpha value is -1.70. The van der Waals surface area contributed by atoms with Gasteiger partial charge in [0.1, 0.15) is 5.69 Å². The molecule has 110 valence electrons. The molecule has 7 heteroatoms. The lowest BCUT2D eigenvalue weighted by atomic mass is 9.93. The molecular weight excluding hydrogens is 260 g/mol.